The van der Waals surface area contributed by atoms with Crippen molar-refractivity contribution in [2.75, 3.05) is 13.1 Å². The summed E-state index contributed by atoms with van der Waals surface area (Å²) < 4.78 is 0. The first-order valence-corrected chi connectivity index (χ1v) is 4.83. The number of nitrogens with one attached hydrogen (secondary N) is 1. The molecule has 0 aromatic carbocycles. The second-order valence-electron chi connectivity index (χ2n) is 3.58. The number of nitrogens with zero attached hydrogens (tertiary/aromatic N) is 1. The highest BCUT2D eigenvalue weighted by atomic mass is 15.3. The fraction of sp³-hybridized carbons (Fsp3) is 0.778. The van der Waals surface area contributed by atoms with Gasteiger partial charge < -0.3 is 10.6 Å². The molecule has 1 fully saturated rings. The van der Waals surface area contributed by atoms with E-state index in [1.807, 2.05) is 0 Å². The summed E-state index contributed by atoms with van der Waals surface area (Å²) in [6, 6.07) is 0. The molecule has 1 atom stereocenters. The van der Waals surface area contributed by atoms with E-state index in [1.54, 1.807) is 0 Å². The molecule has 68 valence electrons. The molecule has 0 aliphatic carbocycles. The van der Waals surface area contributed by atoms with E-state index in [9.17, 15) is 0 Å². The summed E-state index contributed by atoms with van der Waals surface area (Å²) in [6.45, 7) is 2.27. The Morgan fingerprint density at radius 3 is 3.33 bits per heavy atom. The van der Waals surface area contributed by atoms with Crippen LogP contribution in [0.25, 0.3) is 0 Å². The molecule has 12 heavy (non-hydrogen) atoms. The van der Waals surface area contributed by atoms with Gasteiger partial charge in [0.15, 0.2) is 0 Å². The maximum absolute atomic E-state index is 5.94. The number of hydrogen-bond acceptors (Lipinski definition) is 3. The molecule has 0 amide bonds. The molecule has 1 saturated heterocycles. The quantitative estimate of drug-likeness (QED) is 0.555. The Balaban J connectivity index is 2.10. The van der Waals surface area contributed by atoms with Crippen LogP contribution in [0.3, 0.4) is 0 Å². The van der Waals surface area contributed by atoms with E-state index in [0.717, 1.165) is 25.3 Å². The van der Waals surface area contributed by atoms with Gasteiger partial charge >= 0.3 is 0 Å². The van der Waals surface area contributed by atoms with Crippen LogP contribution in [0.15, 0.2) is 11.9 Å². The zero-order valence-corrected chi connectivity index (χ0v) is 7.42. The average Bonchev–Trinajstić information content (AvgIpc) is 2.29. The van der Waals surface area contributed by atoms with Gasteiger partial charge in [0.1, 0.15) is 0 Å². The highest BCUT2D eigenvalue weighted by Crippen LogP contribution is 2.18. The van der Waals surface area contributed by atoms with E-state index in [-0.39, 0.29) is 0 Å². The standard InChI is InChI=1S/C9H17N3/c10-8-4-1-2-5-9-11-6-3-7-12(8)9/h4,9,11H,1-3,5-7,10H2. The minimum Gasteiger partial charge on any atom is -0.386 e. The van der Waals surface area contributed by atoms with Crippen LogP contribution in [0.2, 0.25) is 0 Å². The Hall–Kier alpha value is -0.700. The van der Waals surface area contributed by atoms with Gasteiger partial charge in [-0.3, -0.25) is 5.32 Å². The van der Waals surface area contributed by atoms with Crippen molar-refractivity contribution in [3.8, 4) is 0 Å². The Morgan fingerprint density at radius 1 is 1.50 bits per heavy atom. The summed E-state index contributed by atoms with van der Waals surface area (Å²) in [5.41, 5.74) is 5.94. The van der Waals surface area contributed by atoms with E-state index in [2.05, 4.69) is 16.3 Å². The van der Waals surface area contributed by atoms with Crippen LogP contribution in [-0.4, -0.2) is 24.2 Å². The second-order valence-corrected chi connectivity index (χ2v) is 3.58. The highest BCUT2D eigenvalue weighted by molar-refractivity contribution is 5.01. The molecular formula is C9H17N3. The summed E-state index contributed by atoms with van der Waals surface area (Å²) in [7, 11) is 0. The van der Waals surface area contributed by atoms with E-state index in [4.69, 9.17) is 5.73 Å². The zero-order valence-electron chi connectivity index (χ0n) is 7.42. The maximum atomic E-state index is 5.94. The third-order valence-electron chi connectivity index (χ3n) is 2.70. The lowest BCUT2D eigenvalue weighted by atomic mass is 10.2. The molecule has 2 aliphatic rings. The zero-order chi connectivity index (χ0) is 8.39. The lowest BCUT2D eigenvalue weighted by Crippen LogP contribution is -2.51. The van der Waals surface area contributed by atoms with Gasteiger partial charge in [0.2, 0.25) is 0 Å². The van der Waals surface area contributed by atoms with Crippen molar-refractivity contribution in [3.05, 3.63) is 11.9 Å². The van der Waals surface area contributed by atoms with E-state index in [1.165, 1.54) is 19.3 Å². The van der Waals surface area contributed by atoms with Gasteiger partial charge in [-0.15, -0.1) is 0 Å². The van der Waals surface area contributed by atoms with Gasteiger partial charge in [0.25, 0.3) is 0 Å². The van der Waals surface area contributed by atoms with Crippen molar-refractivity contribution in [1.29, 1.82) is 0 Å². The monoisotopic (exact) mass is 167 g/mol. The summed E-state index contributed by atoms with van der Waals surface area (Å²) in [4.78, 5) is 2.30. The van der Waals surface area contributed by atoms with Gasteiger partial charge in [-0.2, -0.15) is 0 Å². The number of rotatable bonds is 0. The second kappa shape index (κ2) is 3.35. The predicted octanol–water partition coefficient (Wildman–Crippen LogP) is 0.592. The van der Waals surface area contributed by atoms with Crippen LogP contribution in [0, 0.1) is 0 Å². The van der Waals surface area contributed by atoms with Crippen LogP contribution < -0.4 is 11.1 Å². The maximum Gasteiger partial charge on any atom is 0.0957 e. The summed E-state index contributed by atoms with van der Waals surface area (Å²) in [5, 5.41) is 3.50. The van der Waals surface area contributed by atoms with Crippen molar-refractivity contribution in [2.45, 2.75) is 31.8 Å². The molecule has 0 saturated carbocycles. The SMILES string of the molecule is NC1=CCCCC2NCCCN12. The Bertz CT molecular complexity index is 188. The normalized spacial score (nSPS) is 30.5. The smallest absolute Gasteiger partial charge is 0.0957 e. The topological polar surface area (TPSA) is 41.3 Å². The van der Waals surface area contributed by atoms with Crippen molar-refractivity contribution in [2.24, 2.45) is 5.73 Å². The molecule has 3 heteroatoms. The fourth-order valence-corrected chi connectivity index (χ4v) is 2.03. The van der Waals surface area contributed by atoms with Crippen molar-refractivity contribution >= 4 is 0 Å². The number of hydrogen-bond donors (Lipinski definition) is 2. The molecule has 3 nitrogen and oxygen atoms in total. The molecule has 2 rings (SSSR count). The van der Waals surface area contributed by atoms with Gasteiger partial charge in [0, 0.05) is 6.54 Å². The third-order valence-corrected chi connectivity index (χ3v) is 2.70. The number of allylic oxidation sites excluding steroid dienone is 1. The number of fused-ring (bicyclic) bond motifs is 1. The first kappa shape index (κ1) is 7.92. The minimum absolute atomic E-state index is 0.512. The highest BCUT2D eigenvalue weighted by Gasteiger charge is 2.23. The lowest BCUT2D eigenvalue weighted by molar-refractivity contribution is 0.166. The van der Waals surface area contributed by atoms with Crippen LogP contribution >= 0.6 is 0 Å². The van der Waals surface area contributed by atoms with Gasteiger partial charge in [0.05, 0.1) is 12.0 Å². The van der Waals surface area contributed by atoms with Crippen molar-refractivity contribution in [3.63, 3.8) is 0 Å². The van der Waals surface area contributed by atoms with Crippen LogP contribution in [0.1, 0.15) is 25.7 Å². The Labute approximate surface area is 73.6 Å². The first-order chi connectivity index (χ1) is 5.88. The molecular weight excluding hydrogens is 150 g/mol. The van der Waals surface area contributed by atoms with Crippen molar-refractivity contribution < 1.29 is 0 Å². The Kier molecular flexibility index (Phi) is 2.21. The van der Waals surface area contributed by atoms with E-state index >= 15 is 0 Å². The van der Waals surface area contributed by atoms with Crippen molar-refractivity contribution in [1.82, 2.24) is 10.2 Å². The molecule has 0 radical (unpaired) electrons. The molecule has 3 N–H and O–H groups in total. The van der Waals surface area contributed by atoms with Gasteiger partial charge in [-0.1, -0.05) is 0 Å². The minimum atomic E-state index is 0.512. The summed E-state index contributed by atoms with van der Waals surface area (Å²) >= 11 is 0. The van der Waals surface area contributed by atoms with Crippen LogP contribution in [0.4, 0.5) is 0 Å². The molecule has 1 unspecified atom stereocenters. The van der Waals surface area contributed by atoms with Crippen LogP contribution in [-0.2, 0) is 0 Å². The Morgan fingerprint density at radius 2 is 2.42 bits per heavy atom. The van der Waals surface area contributed by atoms with Gasteiger partial charge in [-0.05, 0) is 38.3 Å². The molecule has 0 spiro atoms. The molecule has 0 bridgehead atoms. The van der Waals surface area contributed by atoms with Crippen LogP contribution in [0.5, 0.6) is 0 Å². The largest absolute Gasteiger partial charge is 0.386 e. The summed E-state index contributed by atoms with van der Waals surface area (Å²) in [6.07, 6.45) is 7.52. The molecule has 2 aliphatic heterocycles. The molecule has 0 aromatic rings. The van der Waals surface area contributed by atoms with Gasteiger partial charge in [-0.25, -0.2) is 0 Å². The predicted molar refractivity (Wildman–Crippen MR) is 49.2 cm³/mol. The number of nitrogens with two attached hydrogens (primary N) is 1. The lowest BCUT2D eigenvalue weighted by Gasteiger charge is -2.37. The third kappa shape index (κ3) is 1.41. The first-order valence-electron chi connectivity index (χ1n) is 4.83. The van der Waals surface area contributed by atoms with E-state index < -0.39 is 0 Å². The average molecular weight is 167 g/mol. The fourth-order valence-electron chi connectivity index (χ4n) is 2.03. The molecule has 0 aromatic heterocycles. The summed E-state index contributed by atoms with van der Waals surface area (Å²) in [5.74, 6) is 0.977. The molecule has 2 heterocycles. The van der Waals surface area contributed by atoms with E-state index in [0.29, 0.717) is 6.17 Å².